The second-order valence-electron chi connectivity index (χ2n) is 4.70. The summed E-state index contributed by atoms with van der Waals surface area (Å²) in [7, 11) is 0. The van der Waals surface area contributed by atoms with Crippen LogP contribution in [0.1, 0.15) is 22.8 Å². The summed E-state index contributed by atoms with van der Waals surface area (Å²) in [4.78, 5) is 24.1. The molecule has 0 saturated heterocycles. The molecule has 4 heteroatoms. The number of rotatable bonds is 6. The topological polar surface area (TPSA) is 52.6 Å². The highest BCUT2D eigenvalue weighted by Crippen LogP contribution is 2.11. The van der Waals surface area contributed by atoms with Gasteiger partial charge in [-0.1, -0.05) is 48.5 Å². The first-order valence-corrected chi connectivity index (χ1v) is 7.17. The maximum atomic E-state index is 12.1. The maximum Gasteiger partial charge on any atom is 0.347 e. The number of esters is 2. The fraction of sp³-hybridized carbons (Fsp3) is 0.222. The van der Waals surface area contributed by atoms with Crippen molar-refractivity contribution in [3.8, 4) is 0 Å². The lowest BCUT2D eigenvalue weighted by molar-refractivity contribution is -0.153. The van der Waals surface area contributed by atoms with Crippen molar-refractivity contribution in [2.45, 2.75) is 19.4 Å². The van der Waals surface area contributed by atoms with E-state index in [9.17, 15) is 9.59 Å². The largest absolute Gasteiger partial charge is 0.463 e. The maximum absolute atomic E-state index is 12.1. The van der Waals surface area contributed by atoms with Crippen LogP contribution >= 0.6 is 0 Å². The van der Waals surface area contributed by atoms with E-state index in [1.807, 2.05) is 36.4 Å². The first-order valence-electron chi connectivity index (χ1n) is 7.17. The standard InChI is InChI=1S/C18H18O4/c1-2-21-18(20)16(13-14-9-5-3-6-10-14)22-17(19)15-11-7-4-8-12-15/h3-12,16H,2,13H2,1H3. The summed E-state index contributed by atoms with van der Waals surface area (Å²) in [6.07, 6.45) is -0.659. The van der Waals surface area contributed by atoms with Gasteiger partial charge < -0.3 is 9.47 Å². The Bertz CT molecular complexity index is 607. The van der Waals surface area contributed by atoms with Crippen molar-refractivity contribution in [2.75, 3.05) is 6.61 Å². The first-order chi connectivity index (χ1) is 10.7. The van der Waals surface area contributed by atoms with Gasteiger partial charge in [0.25, 0.3) is 0 Å². The Labute approximate surface area is 129 Å². The molecule has 4 nitrogen and oxygen atoms in total. The Morgan fingerprint density at radius 3 is 2.14 bits per heavy atom. The molecular formula is C18H18O4. The van der Waals surface area contributed by atoms with Crippen LogP contribution in [0.25, 0.3) is 0 Å². The Morgan fingerprint density at radius 1 is 0.955 bits per heavy atom. The van der Waals surface area contributed by atoms with Gasteiger partial charge in [0, 0.05) is 6.42 Å². The molecule has 2 aromatic carbocycles. The molecule has 0 bridgehead atoms. The average molecular weight is 298 g/mol. The van der Waals surface area contributed by atoms with E-state index in [-0.39, 0.29) is 13.0 Å². The minimum absolute atomic E-state index is 0.243. The van der Waals surface area contributed by atoms with Crippen molar-refractivity contribution in [1.29, 1.82) is 0 Å². The monoisotopic (exact) mass is 298 g/mol. The van der Waals surface area contributed by atoms with Crippen molar-refractivity contribution >= 4 is 11.9 Å². The summed E-state index contributed by atoms with van der Waals surface area (Å²) in [5.74, 6) is -1.06. The van der Waals surface area contributed by atoms with Crippen molar-refractivity contribution in [3.05, 3.63) is 71.8 Å². The zero-order chi connectivity index (χ0) is 15.8. The third-order valence-electron chi connectivity index (χ3n) is 3.07. The number of carbonyl (C=O) groups is 2. The van der Waals surface area contributed by atoms with Gasteiger partial charge in [0.15, 0.2) is 0 Å². The number of carbonyl (C=O) groups excluding carboxylic acids is 2. The first kappa shape index (κ1) is 15.8. The van der Waals surface area contributed by atoms with E-state index in [1.54, 1.807) is 31.2 Å². The summed E-state index contributed by atoms with van der Waals surface area (Å²) in [6, 6.07) is 18.0. The van der Waals surface area contributed by atoms with Gasteiger partial charge in [-0.25, -0.2) is 9.59 Å². The second-order valence-corrected chi connectivity index (χ2v) is 4.70. The fourth-order valence-electron chi connectivity index (χ4n) is 2.01. The van der Waals surface area contributed by atoms with Gasteiger partial charge >= 0.3 is 11.9 Å². The molecule has 0 aliphatic heterocycles. The van der Waals surface area contributed by atoms with Crippen LogP contribution in [0.4, 0.5) is 0 Å². The summed E-state index contributed by atoms with van der Waals surface area (Å²) >= 11 is 0. The zero-order valence-electron chi connectivity index (χ0n) is 12.4. The van der Waals surface area contributed by atoms with Gasteiger partial charge in [-0.05, 0) is 24.6 Å². The van der Waals surface area contributed by atoms with Gasteiger partial charge in [0.1, 0.15) is 0 Å². The van der Waals surface area contributed by atoms with Crippen molar-refractivity contribution in [3.63, 3.8) is 0 Å². The molecular weight excluding hydrogens is 280 g/mol. The molecule has 0 amide bonds. The molecule has 0 radical (unpaired) electrons. The summed E-state index contributed by atoms with van der Waals surface area (Å²) in [6.45, 7) is 1.96. The molecule has 0 fully saturated rings. The lowest BCUT2D eigenvalue weighted by atomic mass is 10.1. The van der Waals surface area contributed by atoms with Crippen LogP contribution in [0.15, 0.2) is 60.7 Å². The lowest BCUT2D eigenvalue weighted by Gasteiger charge is -2.16. The molecule has 0 aliphatic rings. The van der Waals surface area contributed by atoms with Crippen LogP contribution < -0.4 is 0 Å². The summed E-state index contributed by atoms with van der Waals surface area (Å²) in [5, 5.41) is 0. The molecule has 114 valence electrons. The highest BCUT2D eigenvalue weighted by Gasteiger charge is 2.25. The quantitative estimate of drug-likeness (QED) is 0.769. The van der Waals surface area contributed by atoms with E-state index in [0.717, 1.165) is 5.56 Å². The predicted octanol–water partition coefficient (Wildman–Crippen LogP) is 3.02. The molecule has 0 saturated carbocycles. The normalized spacial score (nSPS) is 11.5. The Kier molecular flexibility index (Phi) is 5.72. The van der Waals surface area contributed by atoms with Gasteiger partial charge in [-0.2, -0.15) is 0 Å². The lowest BCUT2D eigenvalue weighted by Crippen LogP contribution is -2.31. The molecule has 2 aromatic rings. The van der Waals surface area contributed by atoms with Crippen molar-refractivity contribution in [2.24, 2.45) is 0 Å². The third-order valence-corrected chi connectivity index (χ3v) is 3.07. The van der Waals surface area contributed by atoms with Crippen LogP contribution in [-0.4, -0.2) is 24.6 Å². The molecule has 0 N–H and O–H groups in total. The number of benzene rings is 2. The van der Waals surface area contributed by atoms with E-state index in [0.29, 0.717) is 5.56 Å². The minimum Gasteiger partial charge on any atom is -0.463 e. The van der Waals surface area contributed by atoms with Crippen LogP contribution in [0, 0.1) is 0 Å². The highest BCUT2D eigenvalue weighted by molar-refractivity contribution is 5.91. The fourth-order valence-corrected chi connectivity index (χ4v) is 2.01. The third kappa shape index (κ3) is 4.45. The Balaban J connectivity index is 2.11. The minimum atomic E-state index is -0.949. The smallest absolute Gasteiger partial charge is 0.347 e. The van der Waals surface area contributed by atoms with E-state index in [2.05, 4.69) is 0 Å². The number of ether oxygens (including phenoxy) is 2. The van der Waals surface area contributed by atoms with Crippen LogP contribution in [-0.2, 0) is 20.7 Å². The van der Waals surface area contributed by atoms with E-state index < -0.39 is 18.0 Å². The van der Waals surface area contributed by atoms with Gasteiger partial charge in [0.2, 0.25) is 6.10 Å². The average Bonchev–Trinajstić information content (AvgIpc) is 2.56. The second kappa shape index (κ2) is 7.98. The molecule has 0 heterocycles. The van der Waals surface area contributed by atoms with E-state index in [1.165, 1.54) is 0 Å². The molecule has 0 aliphatic carbocycles. The number of hydrogen-bond acceptors (Lipinski definition) is 4. The van der Waals surface area contributed by atoms with E-state index in [4.69, 9.17) is 9.47 Å². The highest BCUT2D eigenvalue weighted by atomic mass is 16.6. The molecule has 0 aromatic heterocycles. The van der Waals surface area contributed by atoms with Crippen LogP contribution in [0.3, 0.4) is 0 Å². The van der Waals surface area contributed by atoms with Gasteiger partial charge in [-0.15, -0.1) is 0 Å². The summed E-state index contributed by atoms with van der Waals surface area (Å²) in [5.41, 5.74) is 1.31. The van der Waals surface area contributed by atoms with E-state index >= 15 is 0 Å². The number of hydrogen-bond donors (Lipinski definition) is 0. The van der Waals surface area contributed by atoms with Gasteiger partial charge in [0.05, 0.1) is 12.2 Å². The van der Waals surface area contributed by atoms with Gasteiger partial charge in [-0.3, -0.25) is 0 Å². The van der Waals surface area contributed by atoms with Crippen molar-refractivity contribution in [1.82, 2.24) is 0 Å². The zero-order valence-corrected chi connectivity index (χ0v) is 12.4. The Morgan fingerprint density at radius 2 is 1.55 bits per heavy atom. The summed E-state index contributed by atoms with van der Waals surface area (Å²) < 4.78 is 10.3. The van der Waals surface area contributed by atoms with Crippen LogP contribution in [0.2, 0.25) is 0 Å². The SMILES string of the molecule is CCOC(=O)C(Cc1ccccc1)OC(=O)c1ccccc1. The molecule has 22 heavy (non-hydrogen) atoms. The predicted molar refractivity (Wildman–Crippen MR) is 82.4 cm³/mol. The Hall–Kier alpha value is -2.62. The molecule has 0 spiro atoms. The molecule has 1 atom stereocenters. The molecule has 2 rings (SSSR count). The molecule has 1 unspecified atom stereocenters. The van der Waals surface area contributed by atoms with Crippen molar-refractivity contribution < 1.29 is 19.1 Å². The van der Waals surface area contributed by atoms with Crippen LogP contribution in [0.5, 0.6) is 0 Å².